The Morgan fingerprint density at radius 2 is 1.87 bits per heavy atom. The third-order valence-corrected chi connectivity index (χ3v) is 6.47. The van der Waals surface area contributed by atoms with Gasteiger partial charge in [0.1, 0.15) is 0 Å². The summed E-state index contributed by atoms with van der Waals surface area (Å²) in [6, 6.07) is 20.9. The van der Waals surface area contributed by atoms with Crippen molar-refractivity contribution in [1.29, 1.82) is 0 Å². The van der Waals surface area contributed by atoms with E-state index in [1.165, 1.54) is 16.3 Å². The monoisotopic (exact) mass is 400 g/mol. The molecule has 4 nitrogen and oxygen atoms in total. The third kappa shape index (κ3) is 3.62. The number of carbonyl (C=O) groups is 1. The zero-order chi connectivity index (χ0) is 20.7. The molecule has 1 aliphatic heterocycles. The van der Waals surface area contributed by atoms with Crippen LogP contribution in [0.3, 0.4) is 0 Å². The second kappa shape index (κ2) is 7.53. The second-order valence-electron chi connectivity index (χ2n) is 8.87. The molecule has 1 N–H and O–H groups in total. The van der Waals surface area contributed by atoms with E-state index in [0.29, 0.717) is 12.7 Å². The molecule has 0 bridgehead atoms. The minimum absolute atomic E-state index is 0.00293. The Morgan fingerprint density at radius 1 is 1.10 bits per heavy atom. The number of ether oxygens (including phenoxy) is 1. The van der Waals surface area contributed by atoms with Crippen LogP contribution in [-0.4, -0.2) is 37.0 Å². The summed E-state index contributed by atoms with van der Waals surface area (Å²) in [4.78, 5) is 15.5. The van der Waals surface area contributed by atoms with Crippen molar-refractivity contribution in [1.82, 2.24) is 10.2 Å². The summed E-state index contributed by atoms with van der Waals surface area (Å²) >= 11 is 0. The number of hydrogen-bond acceptors (Lipinski definition) is 3. The molecule has 4 heteroatoms. The Kier molecular flexibility index (Phi) is 4.84. The zero-order valence-electron chi connectivity index (χ0n) is 17.7. The molecule has 1 aliphatic carbocycles. The van der Waals surface area contributed by atoms with E-state index in [2.05, 4.69) is 65.8 Å². The van der Waals surface area contributed by atoms with Gasteiger partial charge >= 0.3 is 0 Å². The van der Waals surface area contributed by atoms with Crippen LogP contribution in [0.4, 0.5) is 0 Å². The summed E-state index contributed by atoms with van der Waals surface area (Å²) in [7, 11) is 2.10. The molecule has 0 spiro atoms. The summed E-state index contributed by atoms with van der Waals surface area (Å²) in [6.07, 6.45) is 2.25. The lowest BCUT2D eigenvalue weighted by Crippen LogP contribution is -2.49. The Morgan fingerprint density at radius 3 is 2.63 bits per heavy atom. The molecule has 3 aromatic carbocycles. The number of hydrogen-bond donors (Lipinski definition) is 1. The van der Waals surface area contributed by atoms with Crippen LogP contribution in [0.15, 0.2) is 60.7 Å². The van der Waals surface area contributed by atoms with E-state index in [4.69, 9.17) is 4.74 Å². The molecule has 0 unspecified atom stereocenters. The van der Waals surface area contributed by atoms with Gasteiger partial charge in [-0.15, -0.1) is 0 Å². The molecule has 1 saturated carbocycles. The minimum atomic E-state index is -0.257. The minimum Gasteiger partial charge on any atom is -0.371 e. The van der Waals surface area contributed by atoms with Gasteiger partial charge in [0.25, 0.3) is 5.91 Å². The summed E-state index contributed by atoms with van der Waals surface area (Å²) in [5, 5.41) is 5.81. The average Bonchev–Trinajstić information content (AvgIpc) is 3.51. The number of nitrogens with one attached hydrogen (secondary N) is 1. The molecule has 1 heterocycles. The van der Waals surface area contributed by atoms with Gasteiger partial charge < -0.3 is 15.0 Å². The quantitative estimate of drug-likeness (QED) is 0.667. The molecule has 5 rings (SSSR count). The first-order chi connectivity index (χ1) is 14.5. The molecular formula is C26H28N2O2. The second-order valence-corrected chi connectivity index (χ2v) is 8.87. The smallest absolute Gasteiger partial charge is 0.252 e. The molecular weight excluding hydrogens is 372 g/mol. The van der Waals surface area contributed by atoms with Crippen molar-refractivity contribution in [3.8, 4) is 0 Å². The molecule has 0 radical (unpaired) electrons. The fourth-order valence-corrected chi connectivity index (χ4v) is 4.48. The van der Waals surface area contributed by atoms with E-state index >= 15 is 0 Å². The number of aryl methyl sites for hydroxylation is 1. The Bertz CT molecular complexity index is 1090. The van der Waals surface area contributed by atoms with Crippen LogP contribution in [0.25, 0.3) is 10.8 Å². The van der Waals surface area contributed by atoms with Gasteiger partial charge in [-0.1, -0.05) is 54.6 Å². The third-order valence-electron chi connectivity index (χ3n) is 6.47. The zero-order valence-corrected chi connectivity index (χ0v) is 17.7. The van der Waals surface area contributed by atoms with Gasteiger partial charge in [0.15, 0.2) is 0 Å². The topological polar surface area (TPSA) is 41.6 Å². The van der Waals surface area contributed by atoms with Gasteiger partial charge in [0, 0.05) is 18.7 Å². The summed E-state index contributed by atoms with van der Waals surface area (Å²) in [5.74, 6) is 0.00293. The number of amides is 1. The maximum absolute atomic E-state index is 13.3. The first-order valence-electron chi connectivity index (χ1n) is 10.7. The maximum atomic E-state index is 13.3. The van der Waals surface area contributed by atoms with Crippen molar-refractivity contribution >= 4 is 16.7 Å². The lowest BCUT2D eigenvalue weighted by Gasteiger charge is -2.35. The van der Waals surface area contributed by atoms with Crippen LogP contribution in [-0.2, 0) is 16.9 Å². The molecule has 2 fully saturated rings. The molecule has 2 aliphatic rings. The molecule has 3 aromatic rings. The van der Waals surface area contributed by atoms with Crippen LogP contribution in [0, 0.1) is 6.92 Å². The first-order valence-corrected chi connectivity index (χ1v) is 10.7. The molecule has 1 saturated heterocycles. The van der Waals surface area contributed by atoms with E-state index in [9.17, 15) is 4.79 Å². The summed E-state index contributed by atoms with van der Waals surface area (Å²) < 4.78 is 5.97. The first kappa shape index (κ1) is 19.3. The fourth-order valence-electron chi connectivity index (χ4n) is 4.48. The van der Waals surface area contributed by atoms with E-state index < -0.39 is 0 Å². The number of likely N-dealkylation sites (tertiary alicyclic amines) is 1. The van der Waals surface area contributed by atoms with E-state index in [1.807, 2.05) is 19.1 Å². The van der Waals surface area contributed by atoms with Crippen molar-refractivity contribution < 1.29 is 9.53 Å². The largest absolute Gasteiger partial charge is 0.371 e. The number of fused-ring (bicyclic) bond motifs is 1. The van der Waals surface area contributed by atoms with Crippen molar-refractivity contribution in [3.63, 3.8) is 0 Å². The van der Waals surface area contributed by atoms with Gasteiger partial charge in [0.05, 0.1) is 18.2 Å². The molecule has 0 aromatic heterocycles. The Hall–Kier alpha value is -2.69. The number of nitrogens with zero attached hydrogens (tertiary/aromatic N) is 1. The van der Waals surface area contributed by atoms with Crippen molar-refractivity contribution in [2.24, 2.45) is 0 Å². The van der Waals surface area contributed by atoms with Crippen molar-refractivity contribution in [3.05, 3.63) is 82.9 Å². The molecule has 30 heavy (non-hydrogen) atoms. The van der Waals surface area contributed by atoms with E-state index in [0.717, 1.165) is 42.6 Å². The van der Waals surface area contributed by atoms with Crippen LogP contribution in [0.2, 0.25) is 0 Å². The fraction of sp³-hybridized carbons (Fsp3) is 0.346. The highest BCUT2D eigenvalue weighted by Gasteiger charge is 2.46. The molecule has 154 valence electrons. The maximum Gasteiger partial charge on any atom is 0.252 e. The standard InChI is InChI=1S/C26H28N2O2/c1-18-10-11-19(17-30-21-15-28(2)16-21)14-23(18)25(29)27-26(12-13-26)24-9-5-7-20-6-3-4-8-22(20)24/h3-11,14,21H,12-13,15-17H2,1-2H3,(H,27,29). The summed E-state index contributed by atoms with van der Waals surface area (Å²) in [6.45, 7) is 4.50. The van der Waals surface area contributed by atoms with Crippen molar-refractivity contribution in [2.75, 3.05) is 20.1 Å². The highest BCUT2D eigenvalue weighted by atomic mass is 16.5. The number of benzene rings is 3. The van der Waals surface area contributed by atoms with Crippen LogP contribution in [0.5, 0.6) is 0 Å². The van der Waals surface area contributed by atoms with Gasteiger partial charge in [-0.2, -0.15) is 0 Å². The number of rotatable bonds is 6. The highest BCUT2D eigenvalue weighted by molar-refractivity contribution is 5.97. The van der Waals surface area contributed by atoms with Crippen molar-refractivity contribution in [2.45, 2.75) is 38.0 Å². The van der Waals surface area contributed by atoms with E-state index in [1.54, 1.807) is 0 Å². The van der Waals surface area contributed by atoms with Crippen LogP contribution < -0.4 is 5.32 Å². The van der Waals surface area contributed by atoms with Gasteiger partial charge in [-0.25, -0.2) is 0 Å². The number of carbonyl (C=O) groups excluding carboxylic acids is 1. The normalized spacial score (nSPS) is 18.2. The SMILES string of the molecule is Cc1ccc(COC2CN(C)C2)cc1C(=O)NC1(c2cccc3ccccc23)CC1. The molecule has 1 amide bonds. The van der Waals surface area contributed by atoms with Gasteiger partial charge in [-0.3, -0.25) is 4.79 Å². The molecule has 0 atom stereocenters. The van der Waals surface area contributed by atoms with Crippen LogP contribution in [0.1, 0.15) is 39.9 Å². The lowest BCUT2D eigenvalue weighted by atomic mass is 9.96. The highest BCUT2D eigenvalue weighted by Crippen LogP contribution is 2.48. The van der Waals surface area contributed by atoms with Gasteiger partial charge in [-0.05, 0) is 60.3 Å². The Balaban J connectivity index is 1.35. The van der Waals surface area contributed by atoms with Gasteiger partial charge in [0.2, 0.25) is 0 Å². The average molecular weight is 401 g/mol. The number of likely N-dealkylation sites (N-methyl/N-ethyl adjacent to an activating group) is 1. The lowest BCUT2D eigenvalue weighted by molar-refractivity contribution is -0.0518. The van der Waals surface area contributed by atoms with Crippen LogP contribution >= 0.6 is 0 Å². The summed E-state index contributed by atoms with van der Waals surface area (Å²) in [5.41, 5.74) is 3.75. The van der Waals surface area contributed by atoms with E-state index in [-0.39, 0.29) is 11.4 Å². The Labute approximate surface area is 177 Å². The predicted octanol–water partition coefficient (Wildman–Crippen LogP) is 4.40. The predicted molar refractivity (Wildman–Crippen MR) is 120 cm³/mol.